The zero-order valence-corrected chi connectivity index (χ0v) is 12.3. The van der Waals surface area contributed by atoms with E-state index in [1.807, 2.05) is 6.92 Å². The summed E-state index contributed by atoms with van der Waals surface area (Å²) in [6.45, 7) is 5.12. The van der Waals surface area contributed by atoms with Gasteiger partial charge in [0.05, 0.1) is 12.7 Å². The van der Waals surface area contributed by atoms with Gasteiger partial charge < -0.3 is 10.1 Å². The minimum Gasteiger partial charge on any atom is -0.376 e. The van der Waals surface area contributed by atoms with E-state index in [9.17, 15) is 9.00 Å². The first-order valence-electron chi connectivity index (χ1n) is 6.86. The van der Waals surface area contributed by atoms with Gasteiger partial charge in [-0.05, 0) is 18.8 Å². The van der Waals surface area contributed by atoms with Crippen LogP contribution in [0.5, 0.6) is 0 Å². The lowest BCUT2D eigenvalue weighted by Crippen LogP contribution is -2.34. The van der Waals surface area contributed by atoms with E-state index >= 15 is 0 Å². The molecular weight excluding hydrogens is 250 g/mol. The maximum absolute atomic E-state index is 11.4. The minimum absolute atomic E-state index is 0.107. The summed E-state index contributed by atoms with van der Waals surface area (Å²) in [4.78, 5) is 11.4. The van der Waals surface area contributed by atoms with Gasteiger partial charge >= 0.3 is 0 Å². The summed E-state index contributed by atoms with van der Waals surface area (Å²) < 4.78 is 17.0. The van der Waals surface area contributed by atoms with Gasteiger partial charge in [0.15, 0.2) is 0 Å². The zero-order chi connectivity index (χ0) is 13.4. The van der Waals surface area contributed by atoms with Crippen LogP contribution < -0.4 is 5.32 Å². The number of amides is 1. The van der Waals surface area contributed by atoms with Crippen molar-refractivity contribution in [2.75, 3.05) is 24.7 Å². The first kappa shape index (κ1) is 15.6. The van der Waals surface area contributed by atoms with Gasteiger partial charge in [-0.15, -0.1) is 0 Å². The Hall–Kier alpha value is -0.420. The maximum atomic E-state index is 11.4. The van der Waals surface area contributed by atoms with Crippen LogP contribution in [0, 0.1) is 5.92 Å². The van der Waals surface area contributed by atoms with Gasteiger partial charge in [0, 0.05) is 23.1 Å². The highest BCUT2D eigenvalue weighted by molar-refractivity contribution is 7.85. The van der Waals surface area contributed by atoms with Gasteiger partial charge in [-0.25, -0.2) is 0 Å². The minimum atomic E-state index is -1.03. The fourth-order valence-corrected chi connectivity index (χ4v) is 2.83. The van der Waals surface area contributed by atoms with Crippen molar-refractivity contribution in [3.63, 3.8) is 0 Å². The zero-order valence-electron chi connectivity index (χ0n) is 11.4. The summed E-state index contributed by atoms with van der Waals surface area (Å²) >= 11 is 0. The van der Waals surface area contributed by atoms with Gasteiger partial charge in [0.2, 0.25) is 5.91 Å². The van der Waals surface area contributed by atoms with Crippen LogP contribution in [0.25, 0.3) is 0 Å². The Balaban J connectivity index is 2.07. The molecule has 4 nitrogen and oxygen atoms in total. The second-order valence-electron chi connectivity index (χ2n) is 4.89. The first-order chi connectivity index (χ1) is 8.63. The first-order valence-corrected chi connectivity index (χ1v) is 8.35. The normalized spacial score (nSPS) is 25.7. The molecule has 0 aromatic carbocycles. The molecule has 0 aromatic heterocycles. The Morgan fingerprint density at radius 2 is 2.11 bits per heavy atom. The number of hydrogen-bond donors (Lipinski definition) is 1. The van der Waals surface area contributed by atoms with Crippen molar-refractivity contribution < 1.29 is 13.7 Å². The SMILES string of the molecule is CC[S@@](=O)CC(=O)NCCO[C@H]1CCCC[C@@H]1C. The van der Waals surface area contributed by atoms with Gasteiger partial charge in [0.25, 0.3) is 0 Å². The van der Waals surface area contributed by atoms with Gasteiger partial charge in [-0.2, -0.15) is 0 Å². The molecule has 106 valence electrons. The van der Waals surface area contributed by atoms with Crippen LogP contribution in [0.1, 0.15) is 39.5 Å². The molecule has 0 saturated heterocycles. The summed E-state index contributed by atoms with van der Waals surface area (Å²) in [5.74, 6) is 1.12. The Morgan fingerprint density at radius 1 is 1.39 bits per heavy atom. The topological polar surface area (TPSA) is 55.4 Å². The maximum Gasteiger partial charge on any atom is 0.232 e. The van der Waals surface area contributed by atoms with Crippen LogP contribution in [0.2, 0.25) is 0 Å². The smallest absolute Gasteiger partial charge is 0.232 e. The molecule has 0 aliphatic heterocycles. The molecule has 0 aromatic rings. The molecule has 18 heavy (non-hydrogen) atoms. The molecule has 1 aliphatic rings. The lowest BCUT2D eigenvalue weighted by molar-refractivity contribution is -0.119. The number of carbonyl (C=O) groups excluding carboxylic acids is 1. The van der Waals surface area contributed by atoms with Crippen molar-refractivity contribution in [3.05, 3.63) is 0 Å². The number of rotatable bonds is 7. The lowest BCUT2D eigenvalue weighted by Gasteiger charge is -2.28. The summed E-state index contributed by atoms with van der Waals surface area (Å²) in [6.07, 6.45) is 5.28. The molecule has 1 N–H and O–H groups in total. The van der Waals surface area contributed by atoms with E-state index in [2.05, 4.69) is 12.2 Å². The molecule has 0 bridgehead atoms. The quantitative estimate of drug-likeness (QED) is 0.716. The van der Waals surface area contributed by atoms with E-state index in [0.717, 1.165) is 6.42 Å². The summed E-state index contributed by atoms with van der Waals surface area (Å²) in [5, 5.41) is 2.75. The monoisotopic (exact) mass is 275 g/mol. The van der Waals surface area contributed by atoms with E-state index < -0.39 is 10.8 Å². The van der Waals surface area contributed by atoms with Crippen molar-refractivity contribution in [3.8, 4) is 0 Å². The number of ether oxygens (including phenoxy) is 1. The van der Waals surface area contributed by atoms with Crippen molar-refractivity contribution in [1.29, 1.82) is 0 Å². The highest BCUT2D eigenvalue weighted by atomic mass is 32.2. The lowest BCUT2D eigenvalue weighted by atomic mass is 9.88. The molecule has 1 rings (SSSR count). The van der Waals surface area contributed by atoms with Gasteiger partial charge in [-0.3, -0.25) is 9.00 Å². The van der Waals surface area contributed by atoms with Crippen LogP contribution in [0.4, 0.5) is 0 Å². The largest absolute Gasteiger partial charge is 0.376 e. The third-order valence-corrected chi connectivity index (χ3v) is 4.63. The number of carbonyl (C=O) groups is 1. The second-order valence-corrected chi connectivity index (χ2v) is 6.64. The van der Waals surface area contributed by atoms with Crippen molar-refractivity contribution in [1.82, 2.24) is 5.32 Å². The highest BCUT2D eigenvalue weighted by Crippen LogP contribution is 2.25. The van der Waals surface area contributed by atoms with E-state index in [0.29, 0.717) is 30.9 Å². The van der Waals surface area contributed by atoms with E-state index in [4.69, 9.17) is 4.74 Å². The Bertz CT molecular complexity index is 283. The Labute approximate surface area is 112 Å². The van der Waals surface area contributed by atoms with E-state index in [-0.39, 0.29) is 11.7 Å². The average Bonchev–Trinajstić information content (AvgIpc) is 2.36. The molecule has 1 fully saturated rings. The molecule has 1 amide bonds. The third kappa shape index (κ3) is 5.96. The van der Waals surface area contributed by atoms with Gasteiger partial charge in [0.1, 0.15) is 5.75 Å². The van der Waals surface area contributed by atoms with Crippen molar-refractivity contribution in [2.24, 2.45) is 5.92 Å². The molecular formula is C13H25NO3S. The summed E-state index contributed by atoms with van der Waals surface area (Å²) in [5.41, 5.74) is 0. The molecule has 0 radical (unpaired) electrons. The van der Waals surface area contributed by atoms with Crippen molar-refractivity contribution in [2.45, 2.75) is 45.6 Å². The summed E-state index contributed by atoms with van der Waals surface area (Å²) in [6, 6.07) is 0. The molecule has 0 unspecified atom stereocenters. The Morgan fingerprint density at radius 3 is 2.78 bits per heavy atom. The van der Waals surface area contributed by atoms with Crippen LogP contribution in [-0.4, -0.2) is 40.9 Å². The fourth-order valence-electron chi connectivity index (χ4n) is 2.23. The Kier molecular flexibility index (Phi) is 7.51. The van der Waals surface area contributed by atoms with Crippen LogP contribution in [0.3, 0.4) is 0 Å². The van der Waals surface area contributed by atoms with Crippen LogP contribution in [0.15, 0.2) is 0 Å². The molecule has 3 atom stereocenters. The second kappa shape index (κ2) is 8.64. The fraction of sp³-hybridized carbons (Fsp3) is 0.923. The highest BCUT2D eigenvalue weighted by Gasteiger charge is 2.21. The molecule has 1 saturated carbocycles. The predicted octanol–water partition coefficient (Wildman–Crippen LogP) is 1.47. The van der Waals surface area contributed by atoms with E-state index in [1.165, 1.54) is 19.3 Å². The number of hydrogen-bond acceptors (Lipinski definition) is 3. The molecule has 0 spiro atoms. The predicted molar refractivity (Wildman–Crippen MR) is 73.9 cm³/mol. The van der Waals surface area contributed by atoms with Gasteiger partial charge in [-0.1, -0.05) is 26.7 Å². The molecule has 0 heterocycles. The van der Waals surface area contributed by atoms with E-state index in [1.54, 1.807) is 0 Å². The average molecular weight is 275 g/mol. The molecule has 5 heteroatoms. The van der Waals surface area contributed by atoms with Crippen LogP contribution in [-0.2, 0) is 20.3 Å². The third-order valence-electron chi connectivity index (χ3n) is 3.40. The number of nitrogens with one attached hydrogen (secondary N) is 1. The summed E-state index contributed by atoms with van der Waals surface area (Å²) in [7, 11) is -1.03. The standard InChI is InChI=1S/C13H25NO3S/c1-3-18(16)10-13(15)14-8-9-17-12-7-5-4-6-11(12)2/h11-12H,3-10H2,1-2H3,(H,14,15)/t11-,12-,18+/m0/s1. The van der Waals surface area contributed by atoms with Crippen molar-refractivity contribution >= 4 is 16.7 Å². The molecule has 1 aliphatic carbocycles. The van der Waals surface area contributed by atoms with Crippen LogP contribution >= 0.6 is 0 Å².